The number of carbonyl (C=O) groups is 1. The van der Waals surface area contributed by atoms with E-state index in [0.717, 1.165) is 25.5 Å². The van der Waals surface area contributed by atoms with Gasteiger partial charge in [0, 0.05) is 12.5 Å². The molecule has 0 aromatic rings. The van der Waals surface area contributed by atoms with Gasteiger partial charge < -0.3 is 9.90 Å². The van der Waals surface area contributed by atoms with E-state index in [1.807, 2.05) is 6.08 Å². The molecule has 0 spiro atoms. The van der Waals surface area contributed by atoms with Crippen molar-refractivity contribution < 1.29 is 9.90 Å². The number of rotatable bonds is 19. The number of hydrogen-bond acceptors (Lipinski definition) is 2. The van der Waals surface area contributed by atoms with Gasteiger partial charge in [0.15, 0.2) is 0 Å². The molecule has 1 unspecified atom stereocenters. The molecular weight excluding hydrogens is 284 g/mol. The van der Waals surface area contributed by atoms with Crippen molar-refractivity contribution in [2.24, 2.45) is 5.92 Å². The quantitative estimate of drug-likeness (QED) is 0.174. The van der Waals surface area contributed by atoms with Gasteiger partial charge in [-0.1, -0.05) is 89.5 Å². The molecule has 0 saturated heterocycles. The summed E-state index contributed by atoms with van der Waals surface area (Å²) in [6, 6.07) is 0. The Morgan fingerprint density at radius 1 is 0.696 bits per heavy atom. The topological polar surface area (TPSA) is 37.3 Å². The SMILES string of the molecule is C=CCC(C=O)CCCCCCCCCCCCCCCCO. The van der Waals surface area contributed by atoms with Crippen LogP contribution in [0.25, 0.3) is 0 Å². The second kappa shape index (κ2) is 19.4. The van der Waals surface area contributed by atoms with Crippen molar-refractivity contribution in [3.63, 3.8) is 0 Å². The zero-order chi connectivity index (χ0) is 17.0. The van der Waals surface area contributed by atoms with Crippen LogP contribution in [0.4, 0.5) is 0 Å². The van der Waals surface area contributed by atoms with Crippen LogP contribution < -0.4 is 0 Å². The van der Waals surface area contributed by atoms with E-state index in [4.69, 9.17) is 5.11 Å². The Hall–Kier alpha value is -0.630. The van der Waals surface area contributed by atoms with Crippen LogP contribution in [0.5, 0.6) is 0 Å². The fraction of sp³-hybridized carbons (Fsp3) is 0.857. The van der Waals surface area contributed by atoms with Gasteiger partial charge in [0.25, 0.3) is 0 Å². The van der Waals surface area contributed by atoms with Gasteiger partial charge in [0.2, 0.25) is 0 Å². The third kappa shape index (κ3) is 17.6. The van der Waals surface area contributed by atoms with Crippen molar-refractivity contribution in [1.29, 1.82) is 0 Å². The average Bonchev–Trinajstić information content (AvgIpc) is 2.57. The van der Waals surface area contributed by atoms with Crippen LogP contribution >= 0.6 is 0 Å². The standard InChI is InChI=1S/C21H40O2/c1-2-17-21(20-23)18-15-13-11-9-7-5-3-4-6-8-10-12-14-16-19-22/h2,20-22H,1,3-19H2. The van der Waals surface area contributed by atoms with E-state index >= 15 is 0 Å². The molecule has 1 N–H and O–H groups in total. The number of hydrogen-bond donors (Lipinski definition) is 1. The molecule has 0 aromatic heterocycles. The summed E-state index contributed by atoms with van der Waals surface area (Å²) < 4.78 is 0. The van der Waals surface area contributed by atoms with Crippen molar-refractivity contribution in [3.8, 4) is 0 Å². The number of allylic oxidation sites excluding steroid dienone is 1. The number of aliphatic hydroxyl groups excluding tert-OH is 1. The third-order valence-electron chi connectivity index (χ3n) is 4.64. The van der Waals surface area contributed by atoms with E-state index in [1.165, 1.54) is 83.5 Å². The third-order valence-corrected chi connectivity index (χ3v) is 4.64. The average molecular weight is 325 g/mol. The zero-order valence-corrected chi connectivity index (χ0v) is 15.3. The van der Waals surface area contributed by atoms with Gasteiger partial charge in [0.05, 0.1) is 0 Å². The van der Waals surface area contributed by atoms with Crippen molar-refractivity contribution in [2.75, 3.05) is 6.61 Å². The van der Waals surface area contributed by atoms with E-state index < -0.39 is 0 Å². The summed E-state index contributed by atoms with van der Waals surface area (Å²) in [4.78, 5) is 10.8. The van der Waals surface area contributed by atoms with Crippen LogP contribution in [0.1, 0.15) is 103 Å². The van der Waals surface area contributed by atoms with Crippen molar-refractivity contribution in [2.45, 2.75) is 103 Å². The number of aliphatic hydroxyl groups is 1. The summed E-state index contributed by atoms with van der Waals surface area (Å²) in [6.45, 7) is 4.06. The Labute approximate surface area is 144 Å². The Morgan fingerprint density at radius 3 is 1.43 bits per heavy atom. The largest absolute Gasteiger partial charge is 0.396 e. The monoisotopic (exact) mass is 324 g/mol. The summed E-state index contributed by atoms with van der Waals surface area (Å²) >= 11 is 0. The molecule has 0 aliphatic heterocycles. The van der Waals surface area contributed by atoms with Gasteiger partial charge in [-0.25, -0.2) is 0 Å². The van der Waals surface area contributed by atoms with E-state index in [-0.39, 0.29) is 5.92 Å². The molecule has 0 heterocycles. The van der Waals surface area contributed by atoms with Gasteiger partial charge in [-0.2, -0.15) is 0 Å². The lowest BCUT2D eigenvalue weighted by Crippen LogP contribution is -2.00. The molecule has 136 valence electrons. The lowest BCUT2D eigenvalue weighted by molar-refractivity contribution is -0.111. The van der Waals surface area contributed by atoms with Crippen molar-refractivity contribution in [1.82, 2.24) is 0 Å². The molecular formula is C21H40O2. The molecule has 2 heteroatoms. The Kier molecular flexibility index (Phi) is 18.9. The first-order valence-electron chi connectivity index (χ1n) is 10.0. The van der Waals surface area contributed by atoms with E-state index in [0.29, 0.717) is 6.61 Å². The molecule has 2 nitrogen and oxygen atoms in total. The summed E-state index contributed by atoms with van der Waals surface area (Å²) in [5, 5.41) is 8.70. The van der Waals surface area contributed by atoms with Crippen LogP contribution in [-0.2, 0) is 4.79 Å². The molecule has 0 radical (unpaired) electrons. The maximum Gasteiger partial charge on any atom is 0.123 e. The van der Waals surface area contributed by atoms with Gasteiger partial charge in [0.1, 0.15) is 6.29 Å². The van der Waals surface area contributed by atoms with Crippen LogP contribution in [0.3, 0.4) is 0 Å². The number of carbonyl (C=O) groups excluding carboxylic acids is 1. The summed E-state index contributed by atoms with van der Waals surface area (Å²) in [6.07, 6.45) is 23.1. The minimum Gasteiger partial charge on any atom is -0.396 e. The Balaban J connectivity index is 3.10. The predicted molar refractivity (Wildman–Crippen MR) is 101 cm³/mol. The first-order chi connectivity index (χ1) is 11.3. The summed E-state index contributed by atoms with van der Waals surface area (Å²) in [5.74, 6) is 0.205. The van der Waals surface area contributed by atoms with Gasteiger partial charge >= 0.3 is 0 Å². The minimum atomic E-state index is 0.205. The molecule has 0 aliphatic rings. The Bertz CT molecular complexity index is 250. The molecule has 23 heavy (non-hydrogen) atoms. The smallest absolute Gasteiger partial charge is 0.123 e. The van der Waals surface area contributed by atoms with E-state index in [2.05, 4.69) is 6.58 Å². The highest BCUT2D eigenvalue weighted by Crippen LogP contribution is 2.15. The minimum absolute atomic E-state index is 0.205. The number of aldehydes is 1. The summed E-state index contributed by atoms with van der Waals surface area (Å²) in [5.41, 5.74) is 0. The molecule has 0 aliphatic carbocycles. The zero-order valence-electron chi connectivity index (χ0n) is 15.3. The molecule has 0 amide bonds. The molecule has 1 atom stereocenters. The fourth-order valence-corrected chi connectivity index (χ4v) is 3.10. The van der Waals surface area contributed by atoms with E-state index in [1.54, 1.807) is 0 Å². The first-order valence-corrected chi connectivity index (χ1v) is 10.0. The predicted octanol–water partition coefficient (Wildman–Crippen LogP) is 6.22. The lowest BCUT2D eigenvalue weighted by Gasteiger charge is -2.07. The normalized spacial score (nSPS) is 12.2. The van der Waals surface area contributed by atoms with Crippen LogP contribution in [-0.4, -0.2) is 18.0 Å². The van der Waals surface area contributed by atoms with Crippen LogP contribution in [0, 0.1) is 5.92 Å². The van der Waals surface area contributed by atoms with Gasteiger partial charge in [-0.05, 0) is 19.3 Å². The Morgan fingerprint density at radius 2 is 1.09 bits per heavy atom. The maximum absolute atomic E-state index is 10.8. The molecule has 0 rings (SSSR count). The highest BCUT2D eigenvalue weighted by molar-refractivity contribution is 5.53. The lowest BCUT2D eigenvalue weighted by atomic mass is 9.98. The number of unbranched alkanes of at least 4 members (excludes halogenated alkanes) is 13. The van der Waals surface area contributed by atoms with Crippen LogP contribution in [0.15, 0.2) is 12.7 Å². The summed E-state index contributed by atoms with van der Waals surface area (Å²) in [7, 11) is 0. The first kappa shape index (κ1) is 22.4. The van der Waals surface area contributed by atoms with Crippen LogP contribution in [0.2, 0.25) is 0 Å². The highest BCUT2D eigenvalue weighted by atomic mass is 16.2. The van der Waals surface area contributed by atoms with Gasteiger partial charge in [-0.15, -0.1) is 6.58 Å². The fourth-order valence-electron chi connectivity index (χ4n) is 3.10. The maximum atomic E-state index is 10.8. The van der Waals surface area contributed by atoms with Crippen molar-refractivity contribution in [3.05, 3.63) is 12.7 Å². The van der Waals surface area contributed by atoms with Gasteiger partial charge in [-0.3, -0.25) is 0 Å². The van der Waals surface area contributed by atoms with Crippen molar-refractivity contribution >= 4 is 6.29 Å². The van der Waals surface area contributed by atoms with E-state index in [9.17, 15) is 4.79 Å². The molecule has 0 bridgehead atoms. The molecule has 0 fully saturated rings. The second-order valence-electron chi connectivity index (χ2n) is 6.88. The second-order valence-corrected chi connectivity index (χ2v) is 6.88. The molecule has 0 saturated carbocycles. The molecule has 0 aromatic carbocycles. The highest BCUT2D eigenvalue weighted by Gasteiger charge is 2.04.